The summed E-state index contributed by atoms with van der Waals surface area (Å²) in [7, 11) is 0. The first-order valence-electron chi connectivity index (χ1n) is 6.35. The Kier molecular flexibility index (Phi) is 4.60. The third-order valence-electron chi connectivity index (χ3n) is 2.85. The molecule has 0 unspecified atom stereocenters. The smallest absolute Gasteiger partial charge is 0.315 e. The molecule has 0 bridgehead atoms. The first kappa shape index (κ1) is 13.9. The van der Waals surface area contributed by atoms with Gasteiger partial charge in [0.15, 0.2) is 0 Å². The van der Waals surface area contributed by atoms with Crippen LogP contribution in [0.3, 0.4) is 0 Å². The van der Waals surface area contributed by atoms with Gasteiger partial charge in [-0.3, -0.25) is 4.79 Å². The van der Waals surface area contributed by atoms with E-state index < -0.39 is 5.97 Å². The van der Waals surface area contributed by atoms with Crippen molar-refractivity contribution in [2.75, 3.05) is 6.54 Å². The quantitative estimate of drug-likeness (QED) is 0.704. The van der Waals surface area contributed by atoms with Gasteiger partial charge in [-0.05, 0) is 12.5 Å². The van der Waals surface area contributed by atoms with Crippen molar-refractivity contribution in [3.8, 4) is 0 Å². The maximum Gasteiger partial charge on any atom is 0.315 e. The lowest BCUT2D eigenvalue weighted by atomic mass is 10.2. The molecule has 0 fully saturated rings. The number of rotatable bonds is 6. The summed E-state index contributed by atoms with van der Waals surface area (Å²) < 4.78 is 5.37. The van der Waals surface area contributed by atoms with Gasteiger partial charge in [-0.1, -0.05) is 18.2 Å². The standard InChI is InChI=1S/C14H16N2O4/c17-13(18)6-3-7-15-14(19)16-8-10-9-20-12-5-2-1-4-11(10)12/h1-2,4-5,9H,3,6-8H2,(H,17,18)(H2,15,16,19). The van der Waals surface area contributed by atoms with Crippen LogP contribution in [-0.2, 0) is 11.3 Å². The number of carboxylic acid groups (broad SMARTS) is 1. The largest absolute Gasteiger partial charge is 0.481 e. The van der Waals surface area contributed by atoms with E-state index in [1.807, 2.05) is 24.3 Å². The Balaban J connectivity index is 1.77. The normalized spacial score (nSPS) is 10.4. The van der Waals surface area contributed by atoms with Gasteiger partial charge in [0.1, 0.15) is 5.58 Å². The summed E-state index contributed by atoms with van der Waals surface area (Å²) in [6, 6.07) is 7.28. The molecule has 106 valence electrons. The summed E-state index contributed by atoms with van der Waals surface area (Å²) in [5.41, 5.74) is 1.69. The predicted molar refractivity (Wildman–Crippen MR) is 73.3 cm³/mol. The molecule has 3 N–H and O–H groups in total. The molecule has 1 aromatic carbocycles. The monoisotopic (exact) mass is 276 g/mol. The molecule has 0 aliphatic heterocycles. The lowest BCUT2D eigenvalue weighted by Gasteiger charge is -2.06. The minimum atomic E-state index is -0.864. The molecule has 20 heavy (non-hydrogen) atoms. The summed E-state index contributed by atoms with van der Waals surface area (Å²) in [6.07, 6.45) is 2.08. The van der Waals surface area contributed by atoms with E-state index in [2.05, 4.69) is 10.6 Å². The number of hydrogen-bond donors (Lipinski definition) is 3. The highest BCUT2D eigenvalue weighted by molar-refractivity contribution is 5.81. The van der Waals surface area contributed by atoms with Crippen LogP contribution >= 0.6 is 0 Å². The molecular weight excluding hydrogens is 260 g/mol. The minimum absolute atomic E-state index is 0.0483. The van der Waals surface area contributed by atoms with E-state index in [4.69, 9.17) is 9.52 Å². The van der Waals surface area contributed by atoms with Gasteiger partial charge >= 0.3 is 12.0 Å². The molecule has 6 heteroatoms. The van der Waals surface area contributed by atoms with Crippen molar-refractivity contribution in [2.24, 2.45) is 0 Å². The van der Waals surface area contributed by atoms with Gasteiger partial charge in [0, 0.05) is 30.5 Å². The third-order valence-corrected chi connectivity index (χ3v) is 2.85. The van der Waals surface area contributed by atoms with Crippen molar-refractivity contribution in [1.82, 2.24) is 10.6 Å². The maximum absolute atomic E-state index is 11.5. The molecule has 6 nitrogen and oxygen atoms in total. The molecule has 0 aliphatic carbocycles. The van der Waals surface area contributed by atoms with Crippen LogP contribution < -0.4 is 10.6 Å². The van der Waals surface area contributed by atoms with Crippen LogP contribution in [0, 0.1) is 0 Å². The van der Waals surface area contributed by atoms with E-state index in [1.54, 1.807) is 6.26 Å². The number of carbonyl (C=O) groups excluding carboxylic acids is 1. The van der Waals surface area contributed by atoms with Gasteiger partial charge in [0.05, 0.1) is 6.26 Å². The zero-order valence-electron chi connectivity index (χ0n) is 10.9. The SMILES string of the molecule is O=C(O)CCCNC(=O)NCc1coc2ccccc12. The fraction of sp³-hybridized carbons (Fsp3) is 0.286. The Morgan fingerprint density at radius 1 is 1.20 bits per heavy atom. The zero-order chi connectivity index (χ0) is 14.4. The van der Waals surface area contributed by atoms with Crippen molar-refractivity contribution < 1.29 is 19.1 Å². The van der Waals surface area contributed by atoms with Gasteiger partial charge < -0.3 is 20.2 Å². The van der Waals surface area contributed by atoms with Crippen LogP contribution in [0.4, 0.5) is 4.79 Å². The molecule has 0 saturated heterocycles. The fourth-order valence-electron chi connectivity index (χ4n) is 1.85. The molecule has 2 amide bonds. The van der Waals surface area contributed by atoms with Crippen LogP contribution in [0.1, 0.15) is 18.4 Å². The van der Waals surface area contributed by atoms with E-state index in [9.17, 15) is 9.59 Å². The number of nitrogens with one attached hydrogen (secondary N) is 2. The number of urea groups is 1. The number of hydrogen-bond acceptors (Lipinski definition) is 3. The van der Waals surface area contributed by atoms with Crippen molar-refractivity contribution in [3.05, 3.63) is 36.1 Å². The van der Waals surface area contributed by atoms with Crippen LogP contribution in [0.2, 0.25) is 0 Å². The van der Waals surface area contributed by atoms with E-state index in [1.165, 1.54) is 0 Å². The van der Waals surface area contributed by atoms with Crippen molar-refractivity contribution >= 4 is 23.0 Å². The molecular formula is C14H16N2O4. The minimum Gasteiger partial charge on any atom is -0.481 e. The molecule has 2 aromatic rings. The Morgan fingerprint density at radius 2 is 2.00 bits per heavy atom. The number of benzene rings is 1. The number of amides is 2. The summed E-state index contributed by atoms with van der Waals surface area (Å²) >= 11 is 0. The molecule has 0 saturated carbocycles. The molecule has 2 rings (SSSR count). The van der Waals surface area contributed by atoms with Gasteiger partial charge in [-0.25, -0.2) is 4.79 Å². The fourth-order valence-corrected chi connectivity index (χ4v) is 1.85. The second kappa shape index (κ2) is 6.60. The molecule has 1 heterocycles. The average Bonchev–Trinajstić information content (AvgIpc) is 2.84. The summed E-state index contributed by atoms with van der Waals surface area (Å²) in [6.45, 7) is 0.700. The third kappa shape index (κ3) is 3.74. The first-order valence-corrected chi connectivity index (χ1v) is 6.35. The topological polar surface area (TPSA) is 91.6 Å². The van der Waals surface area contributed by atoms with Gasteiger partial charge in [0.2, 0.25) is 0 Å². The zero-order valence-corrected chi connectivity index (χ0v) is 10.9. The maximum atomic E-state index is 11.5. The van der Waals surface area contributed by atoms with Crippen LogP contribution in [0.5, 0.6) is 0 Å². The summed E-state index contributed by atoms with van der Waals surface area (Å²) in [5.74, 6) is -0.864. The summed E-state index contributed by atoms with van der Waals surface area (Å²) in [4.78, 5) is 21.8. The van der Waals surface area contributed by atoms with Crippen molar-refractivity contribution in [3.63, 3.8) is 0 Å². The highest BCUT2D eigenvalue weighted by Gasteiger charge is 2.06. The number of fused-ring (bicyclic) bond motifs is 1. The highest BCUT2D eigenvalue weighted by atomic mass is 16.4. The average molecular weight is 276 g/mol. The predicted octanol–water partition coefficient (Wildman–Crippen LogP) is 2.10. The van der Waals surface area contributed by atoms with Crippen LogP contribution in [0.15, 0.2) is 34.9 Å². The Labute approximate surface area is 115 Å². The Morgan fingerprint density at radius 3 is 2.80 bits per heavy atom. The first-order chi connectivity index (χ1) is 9.66. The number of para-hydroxylation sites is 1. The van der Waals surface area contributed by atoms with Gasteiger partial charge in [-0.2, -0.15) is 0 Å². The molecule has 0 radical (unpaired) electrons. The Hall–Kier alpha value is -2.50. The van der Waals surface area contributed by atoms with Gasteiger partial charge in [-0.15, -0.1) is 0 Å². The number of furan rings is 1. The van der Waals surface area contributed by atoms with Crippen LogP contribution in [0.25, 0.3) is 11.0 Å². The lowest BCUT2D eigenvalue weighted by molar-refractivity contribution is -0.137. The van der Waals surface area contributed by atoms with E-state index in [0.717, 1.165) is 16.5 Å². The van der Waals surface area contributed by atoms with E-state index in [0.29, 0.717) is 19.5 Å². The molecule has 0 spiro atoms. The Bertz CT molecular complexity index is 606. The molecule has 1 aromatic heterocycles. The van der Waals surface area contributed by atoms with E-state index in [-0.39, 0.29) is 12.5 Å². The molecule has 0 aliphatic rings. The second-order valence-electron chi connectivity index (χ2n) is 4.36. The number of carbonyl (C=O) groups is 2. The van der Waals surface area contributed by atoms with E-state index >= 15 is 0 Å². The van der Waals surface area contributed by atoms with Crippen LogP contribution in [-0.4, -0.2) is 23.7 Å². The number of aliphatic carboxylic acids is 1. The van der Waals surface area contributed by atoms with Crippen molar-refractivity contribution in [1.29, 1.82) is 0 Å². The highest BCUT2D eigenvalue weighted by Crippen LogP contribution is 2.20. The summed E-state index contributed by atoms with van der Waals surface area (Å²) in [5, 5.41) is 14.8. The second-order valence-corrected chi connectivity index (χ2v) is 4.36. The van der Waals surface area contributed by atoms with Crippen molar-refractivity contribution in [2.45, 2.75) is 19.4 Å². The molecule has 0 atom stereocenters. The van der Waals surface area contributed by atoms with Gasteiger partial charge in [0.25, 0.3) is 0 Å². The number of carboxylic acids is 1. The lowest BCUT2D eigenvalue weighted by Crippen LogP contribution is -2.35.